The van der Waals surface area contributed by atoms with Crippen LogP contribution in [0.3, 0.4) is 0 Å². The molecular formula is C14H28N2O8S2. The van der Waals surface area contributed by atoms with Crippen molar-refractivity contribution < 1.29 is 35.5 Å². The zero-order chi connectivity index (χ0) is 20.5. The smallest absolute Gasteiger partial charge is 0.269 e. The van der Waals surface area contributed by atoms with E-state index in [1.807, 2.05) is 6.92 Å². The fourth-order valence-corrected chi connectivity index (χ4v) is 4.30. The minimum Gasteiger partial charge on any atom is -0.354 e. The molecule has 0 heterocycles. The standard InChI is InChI=1S/C14H28N2O8S2/c1-4-5-6-14(26(22,23)24)13(16-11(3)18)9-12(15-10(2)17)7-8-25(19,20)21/h12-14H,4-9H2,1-3H3,(H,15,17)(H,16,18)(H,19,20,21)(H,22,23,24). The molecule has 0 aliphatic rings. The summed E-state index contributed by atoms with van der Waals surface area (Å²) in [5.74, 6) is -1.66. The molecule has 0 aliphatic carbocycles. The van der Waals surface area contributed by atoms with Gasteiger partial charge in [0.2, 0.25) is 11.8 Å². The Morgan fingerprint density at radius 1 is 0.962 bits per heavy atom. The molecule has 0 saturated carbocycles. The average molecular weight is 417 g/mol. The van der Waals surface area contributed by atoms with E-state index in [1.54, 1.807) is 0 Å². The minimum atomic E-state index is -4.49. The Morgan fingerprint density at radius 2 is 1.50 bits per heavy atom. The van der Waals surface area contributed by atoms with Gasteiger partial charge in [0.25, 0.3) is 20.2 Å². The number of carbonyl (C=O) groups excluding carboxylic acids is 2. The number of hydrogen-bond acceptors (Lipinski definition) is 6. The summed E-state index contributed by atoms with van der Waals surface area (Å²) in [6, 6.07) is -1.86. The van der Waals surface area contributed by atoms with E-state index in [0.717, 1.165) is 0 Å². The third-order valence-electron chi connectivity index (χ3n) is 3.73. The molecule has 26 heavy (non-hydrogen) atoms. The first kappa shape index (κ1) is 24.8. The van der Waals surface area contributed by atoms with Crippen LogP contribution < -0.4 is 10.6 Å². The number of rotatable bonds is 12. The Hall–Kier alpha value is -1.24. The number of carbonyl (C=O) groups is 2. The highest BCUT2D eigenvalue weighted by molar-refractivity contribution is 7.86. The van der Waals surface area contributed by atoms with Gasteiger partial charge in [0.05, 0.1) is 5.75 Å². The van der Waals surface area contributed by atoms with Crippen LogP contribution in [0.25, 0.3) is 0 Å². The summed E-state index contributed by atoms with van der Waals surface area (Å²) in [7, 11) is -8.78. The van der Waals surface area contributed by atoms with Gasteiger partial charge in [-0.1, -0.05) is 19.8 Å². The van der Waals surface area contributed by atoms with Gasteiger partial charge >= 0.3 is 0 Å². The Labute approximate surface area is 154 Å². The van der Waals surface area contributed by atoms with Crippen molar-refractivity contribution in [3.05, 3.63) is 0 Å². The van der Waals surface area contributed by atoms with Crippen molar-refractivity contribution in [1.82, 2.24) is 10.6 Å². The highest BCUT2D eigenvalue weighted by Crippen LogP contribution is 2.19. The second-order valence-electron chi connectivity index (χ2n) is 6.21. The summed E-state index contributed by atoms with van der Waals surface area (Å²) >= 11 is 0. The van der Waals surface area contributed by atoms with Crippen LogP contribution in [0.5, 0.6) is 0 Å². The van der Waals surface area contributed by atoms with E-state index in [0.29, 0.717) is 12.8 Å². The van der Waals surface area contributed by atoms with E-state index in [1.165, 1.54) is 13.8 Å². The van der Waals surface area contributed by atoms with Crippen LogP contribution in [0, 0.1) is 0 Å². The normalized spacial score (nSPS) is 15.7. The van der Waals surface area contributed by atoms with Crippen LogP contribution >= 0.6 is 0 Å². The van der Waals surface area contributed by atoms with Gasteiger partial charge in [-0.05, 0) is 19.3 Å². The topological polar surface area (TPSA) is 167 Å². The summed E-state index contributed by atoms with van der Waals surface area (Å²) < 4.78 is 63.9. The molecule has 3 unspecified atom stereocenters. The van der Waals surface area contributed by atoms with Gasteiger partial charge in [0, 0.05) is 25.9 Å². The van der Waals surface area contributed by atoms with Crippen LogP contribution in [0.15, 0.2) is 0 Å². The molecule has 0 rings (SSSR count). The highest BCUT2D eigenvalue weighted by Gasteiger charge is 2.34. The van der Waals surface area contributed by atoms with Gasteiger partial charge in [-0.2, -0.15) is 16.8 Å². The summed E-state index contributed by atoms with van der Waals surface area (Å²) in [6.07, 6.45) is 0.932. The summed E-state index contributed by atoms with van der Waals surface area (Å²) in [4.78, 5) is 22.8. The number of unbranched alkanes of at least 4 members (excludes halogenated alkanes) is 1. The van der Waals surface area contributed by atoms with Gasteiger partial charge in [-0.3, -0.25) is 18.7 Å². The van der Waals surface area contributed by atoms with Crippen LogP contribution in [0.4, 0.5) is 0 Å². The molecular weight excluding hydrogens is 388 g/mol. The predicted octanol–water partition coefficient (Wildman–Crippen LogP) is 0.110. The summed E-state index contributed by atoms with van der Waals surface area (Å²) in [5.41, 5.74) is 0. The third-order valence-corrected chi connectivity index (χ3v) is 5.81. The van der Waals surface area contributed by atoms with Gasteiger partial charge in [-0.25, -0.2) is 0 Å². The van der Waals surface area contributed by atoms with Crippen LogP contribution in [0.2, 0.25) is 0 Å². The first-order valence-electron chi connectivity index (χ1n) is 8.22. The Kier molecular flexibility index (Phi) is 10.3. The lowest BCUT2D eigenvalue weighted by Crippen LogP contribution is -2.50. The van der Waals surface area contributed by atoms with Crippen molar-refractivity contribution in [2.75, 3.05) is 5.75 Å². The molecule has 0 bridgehead atoms. The van der Waals surface area contributed by atoms with E-state index >= 15 is 0 Å². The van der Waals surface area contributed by atoms with Crippen molar-refractivity contribution in [3.63, 3.8) is 0 Å². The maximum absolute atomic E-state index is 11.8. The number of amides is 2. The second-order valence-corrected chi connectivity index (χ2v) is 9.42. The van der Waals surface area contributed by atoms with Gasteiger partial charge in [-0.15, -0.1) is 0 Å². The molecule has 0 radical (unpaired) electrons. The molecule has 154 valence electrons. The Balaban J connectivity index is 5.54. The molecule has 4 N–H and O–H groups in total. The first-order valence-corrected chi connectivity index (χ1v) is 11.3. The van der Waals surface area contributed by atoms with Crippen molar-refractivity contribution in [1.29, 1.82) is 0 Å². The number of hydrogen-bond donors (Lipinski definition) is 4. The van der Waals surface area contributed by atoms with Crippen LogP contribution in [-0.4, -0.2) is 60.8 Å². The molecule has 0 aromatic rings. The quantitative estimate of drug-likeness (QED) is 0.325. The lowest BCUT2D eigenvalue weighted by atomic mass is 9.98. The predicted molar refractivity (Wildman–Crippen MR) is 95.7 cm³/mol. The first-order chi connectivity index (χ1) is 11.8. The molecule has 0 fully saturated rings. The van der Waals surface area contributed by atoms with Gasteiger partial charge < -0.3 is 10.6 Å². The monoisotopic (exact) mass is 416 g/mol. The van der Waals surface area contributed by atoms with Crippen molar-refractivity contribution >= 4 is 32.1 Å². The third kappa shape index (κ3) is 11.4. The largest absolute Gasteiger partial charge is 0.354 e. The van der Waals surface area contributed by atoms with Gasteiger partial charge in [0.1, 0.15) is 5.25 Å². The maximum atomic E-state index is 11.8. The van der Waals surface area contributed by atoms with E-state index in [-0.39, 0.29) is 19.3 Å². The van der Waals surface area contributed by atoms with E-state index in [4.69, 9.17) is 4.55 Å². The molecule has 0 aliphatic heterocycles. The second kappa shape index (κ2) is 10.8. The molecule has 10 nitrogen and oxygen atoms in total. The maximum Gasteiger partial charge on any atom is 0.269 e. The molecule has 0 aromatic heterocycles. The fraction of sp³-hybridized carbons (Fsp3) is 0.857. The van der Waals surface area contributed by atoms with Crippen LogP contribution in [0.1, 0.15) is 52.9 Å². The zero-order valence-electron chi connectivity index (χ0n) is 15.1. The Morgan fingerprint density at radius 3 is 1.88 bits per heavy atom. The average Bonchev–Trinajstić information content (AvgIpc) is 2.41. The summed E-state index contributed by atoms with van der Waals surface area (Å²) in [6.45, 7) is 4.21. The van der Waals surface area contributed by atoms with Crippen LogP contribution in [-0.2, 0) is 29.8 Å². The van der Waals surface area contributed by atoms with E-state index < -0.39 is 55.1 Å². The van der Waals surface area contributed by atoms with Crippen molar-refractivity contribution in [3.8, 4) is 0 Å². The molecule has 0 spiro atoms. The van der Waals surface area contributed by atoms with Gasteiger partial charge in [0.15, 0.2) is 0 Å². The summed E-state index contributed by atoms with van der Waals surface area (Å²) in [5, 5.41) is 3.63. The molecule has 12 heteroatoms. The molecule has 0 aromatic carbocycles. The van der Waals surface area contributed by atoms with Crippen molar-refractivity contribution in [2.24, 2.45) is 0 Å². The lowest BCUT2D eigenvalue weighted by Gasteiger charge is -2.29. The van der Waals surface area contributed by atoms with Crippen molar-refractivity contribution in [2.45, 2.75) is 70.2 Å². The zero-order valence-corrected chi connectivity index (χ0v) is 16.8. The highest BCUT2D eigenvalue weighted by atomic mass is 32.2. The lowest BCUT2D eigenvalue weighted by molar-refractivity contribution is -0.119. The SMILES string of the molecule is CCCCC(C(CC(CCS(=O)(=O)O)NC(C)=O)NC(C)=O)S(=O)(=O)O. The van der Waals surface area contributed by atoms with E-state index in [2.05, 4.69) is 10.6 Å². The molecule has 2 amide bonds. The molecule has 3 atom stereocenters. The molecule has 0 saturated heterocycles. The van der Waals surface area contributed by atoms with E-state index in [9.17, 15) is 31.0 Å². The Bertz CT molecular complexity index is 675. The number of nitrogens with one attached hydrogen (secondary N) is 2. The minimum absolute atomic E-state index is 0.0887. The fourth-order valence-electron chi connectivity index (χ4n) is 2.66.